The number of nitrogens with one attached hydrogen (secondary N) is 1. The highest BCUT2D eigenvalue weighted by Gasteiger charge is 2.47. The quantitative estimate of drug-likeness (QED) is 0.162. The van der Waals surface area contributed by atoms with Crippen LogP contribution in [0.25, 0.3) is 11.1 Å². The Morgan fingerprint density at radius 1 is 0.844 bits per heavy atom. The molecule has 0 aliphatic carbocycles. The second-order valence-electron chi connectivity index (χ2n) is 12.2. The van der Waals surface area contributed by atoms with Crippen molar-refractivity contribution in [1.82, 2.24) is 0 Å². The molecule has 0 aromatic heterocycles. The molecule has 0 saturated heterocycles. The molecule has 2 amide bonds. The van der Waals surface area contributed by atoms with Gasteiger partial charge in [-0.2, -0.15) is 8.42 Å². The topological polar surface area (TPSA) is 102 Å². The van der Waals surface area contributed by atoms with Gasteiger partial charge < -0.3 is 15.0 Å². The van der Waals surface area contributed by atoms with Gasteiger partial charge in [-0.05, 0) is 85.0 Å². The zero-order valence-corrected chi connectivity index (χ0v) is 27.0. The Kier molecular flexibility index (Phi) is 8.87. The number of rotatable bonds is 9. The summed E-state index contributed by atoms with van der Waals surface area (Å²) in [4.78, 5) is 28.1. The number of fused-ring (bicyclic) bond motifs is 1. The standard InChI is InChI=1S/C36H38N2O6S/c1-25(39)38-33-20-17-30(37-34(40)28-13-11-27(12-14-28)26-9-7-6-8-10-26)23-32(33)36(4,24-35(38,2)3)29-15-18-31(19-16-29)43-21-22-44-45(5,41)42/h6-20,23H,21-22,24H2,1-5H3,(H,37,40). The van der Waals surface area contributed by atoms with Gasteiger partial charge in [0.2, 0.25) is 5.91 Å². The highest BCUT2D eigenvalue weighted by molar-refractivity contribution is 7.85. The van der Waals surface area contributed by atoms with Crippen LogP contribution in [0.5, 0.6) is 5.75 Å². The molecular formula is C36H38N2O6S. The van der Waals surface area contributed by atoms with Crippen LogP contribution in [0.4, 0.5) is 11.4 Å². The molecule has 1 aliphatic rings. The maximum absolute atomic E-state index is 13.3. The van der Waals surface area contributed by atoms with Gasteiger partial charge in [-0.1, -0.05) is 61.5 Å². The number of ether oxygens (including phenoxy) is 1. The molecule has 0 spiro atoms. The molecule has 0 bridgehead atoms. The van der Waals surface area contributed by atoms with Crippen LogP contribution in [0, 0.1) is 0 Å². The van der Waals surface area contributed by atoms with Crippen LogP contribution in [-0.4, -0.2) is 45.2 Å². The number of hydrogen-bond donors (Lipinski definition) is 1. The van der Waals surface area contributed by atoms with Crippen molar-refractivity contribution in [3.63, 3.8) is 0 Å². The molecule has 0 radical (unpaired) electrons. The fourth-order valence-corrected chi connectivity index (χ4v) is 6.75. The van der Waals surface area contributed by atoms with Crippen LogP contribution < -0.4 is 15.0 Å². The molecule has 8 nitrogen and oxygen atoms in total. The lowest BCUT2D eigenvalue weighted by Gasteiger charge is -2.51. The van der Waals surface area contributed by atoms with E-state index in [4.69, 9.17) is 8.92 Å². The average molecular weight is 627 g/mol. The largest absolute Gasteiger partial charge is 0.491 e. The van der Waals surface area contributed by atoms with Gasteiger partial charge in [0.1, 0.15) is 19.0 Å². The summed E-state index contributed by atoms with van der Waals surface area (Å²) in [5, 5.41) is 3.05. The van der Waals surface area contributed by atoms with E-state index in [1.165, 1.54) is 0 Å². The maximum Gasteiger partial charge on any atom is 0.264 e. The van der Waals surface area contributed by atoms with Gasteiger partial charge in [0, 0.05) is 34.8 Å². The summed E-state index contributed by atoms with van der Waals surface area (Å²) in [5.41, 5.74) is 5.01. The number of anilines is 2. The highest BCUT2D eigenvalue weighted by Crippen LogP contribution is 2.51. The van der Waals surface area contributed by atoms with Gasteiger partial charge in [-0.25, -0.2) is 0 Å². The van der Waals surface area contributed by atoms with Gasteiger partial charge >= 0.3 is 0 Å². The molecule has 45 heavy (non-hydrogen) atoms. The van der Waals surface area contributed by atoms with E-state index in [9.17, 15) is 18.0 Å². The third-order valence-corrected chi connectivity index (χ3v) is 8.79. The molecule has 0 saturated carbocycles. The summed E-state index contributed by atoms with van der Waals surface area (Å²) < 4.78 is 32.8. The molecule has 4 aromatic rings. The molecule has 5 rings (SSSR count). The molecule has 0 fully saturated rings. The molecule has 9 heteroatoms. The lowest BCUT2D eigenvalue weighted by molar-refractivity contribution is -0.117. The first-order chi connectivity index (χ1) is 21.3. The summed E-state index contributed by atoms with van der Waals surface area (Å²) in [6, 6.07) is 30.9. The van der Waals surface area contributed by atoms with Crippen molar-refractivity contribution in [1.29, 1.82) is 0 Å². The van der Waals surface area contributed by atoms with Crippen molar-refractivity contribution in [3.8, 4) is 16.9 Å². The number of benzene rings is 4. The summed E-state index contributed by atoms with van der Waals surface area (Å²) in [6.45, 7) is 7.85. The van der Waals surface area contributed by atoms with E-state index in [-0.39, 0.29) is 25.0 Å². The molecule has 234 valence electrons. The Morgan fingerprint density at radius 2 is 1.49 bits per heavy atom. The number of carbonyl (C=O) groups is 2. The number of hydrogen-bond acceptors (Lipinski definition) is 6. The zero-order chi connectivity index (χ0) is 32.4. The van der Waals surface area contributed by atoms with Crippen molar-refractivity contribution >= 4 is 33.3 Å². The van der Waals surface area contributed by atoms with E-state index < -0.39 is 21.1 Å². The van der Waals surface area contributed by atoms with E-state index in [1.54, 1.807) is 6.92 Å². The number of amides is 2. The predicted octanol–water partition coefficient (Wildman–Crippen LogP) is 6.80. The zero-order valence-electron chi connectivity index (χ0n) is 26.2. The molecule has 4 aromatic carbocycles. The van der Waals surface area contributed by atoms with Gasteiger partial charge in [-0.3, -0.25) is 13.8 Å². The third kappa shape index (κ3) is 7.10. The van der Waals surface area contributed by atoms with Crippen molar-refractivity contribution in [2.75, 3.05) is 29.7 Å². The summed E-state index contributed by atoms with van der Waals surface area (Å²) >= 11 is 0. The van der Waals surface area contributed by atoms with Crippen LogP contribution in [0.1, 0.15) is 55.6 Å². The Hall–Kier alpha value is -4.47. The smallest absolute Gasteiger partial charge is 0.264 e. The van der Waals surface area contributed by atoms with Crippen LogP contribution >= 0.6 is 0 Å². The molecular weight excluding hydrogens is 588 g/mol. The van der Waals surface area contributed by atoms with Crippen LogP contribution in [-0.2, 0) is 24.5 Å². The Labute approximate surface area is 265 Å². The first-order valence-corrected chi connectivity index (χ1v) is 16.6. The second kappa shape index (κ2) is 12.5. The molecule has 1 unspecified atom stereocenters. The SMILES string of the molecule is CC(=O)N1c2ccc(NC(=O)c3ccc(-c4ccccc4)cc3)cc2C(C)(c2ccc(OCCOS(C)(=O)=O)cc2)CC1(C)C. The number of carbonyl (C=O) groups excluding carboxylic acids is 2. The fourth-order valence-electron chi connectivity index (χ4n) is 6.38. The number of nitrogens with zero attached hydrogens (tertiary/aromatic N) is 1. The third-order valence-electron chi connectivity index (χ3n) is 8.19. The van der Waals surface area contributed by atoms with Gasteiger partial charge in [-0.15, -0.1) is 0 Å². The van der Waals surface area contributed by atoms with Crippen LogP contribution in [0.15, 0.2) is 97.1 Å². The Bertz CT molecular complexity index is 1800. The minimum Gasteiger partial charge on any atom is -0.491 e. The van der Waals surface area contributed by atoms with E-state index in [0.29, 0.717) is 23.4 Å². The lowest BCUT2D eigenvalue weighted by atomic mass is 9.65. The first-order valence-electron chi connectivity index (χ1n) is 14.8. The van der Waals surface area contributed by atoms with Gasteiger partial charge in [0.25, 0.3) is 16.0 Å². The maximum atomic E-state index is 13.3. The van der Waals surface area contributed by atoms with E-state index in [2.05, 4.69) is 26.1 Å². The van der Waals surface area contributed by atoms with Crippen molar-refractivity contribution < 1.29 is 26.9 Å². The van der Waals surface area contributed by atoms with Crippen molar-refractivity contribution in [3.05, 3.63) is 114 Å². The monoisotopic (exact) mass is 626 g/mol. The van der Waals surface area contributed by atoms with Crippen molar-refractivity contribution in [2.24, 2.45) is 0 Å². The Morgan fingerprint density at radius 3 is 2.11 bits per heavy atom. The molecule has 1 aliphatic heterocycles. The van der Waals surface area contributed by atoms with Crippen LogP contribution in [0.2, 0.25) is 0 Å². The first kappa shape index (κ1) is 31.9. The second-order valence-corrected chi connectivity index (χ2v) is 13.8. The summed E-state index contributed by atoms with van der Waals surface area (Å²) in [6.07, 6.45) is 1.63. The minimum atomic E-state index is -3.53. The van der Waals surface area contributed by atoms with Crippen LogP contribution in [0.3, 0.4) is 0 Å². The molecule has 1 N–H and O–H groups in total. The van der Waals surface area contributed by atoms with E-state index in [1.807, 2.05) is 102 Å². The normalized spacial score (nSPS) is 17.3. The average Bonchev–Trinajstić information content (AvgIpc) is 2.99. The lowest BCUT2D eigenvalue weighted by Crippen LogP contribution is -2.55. The molecule has 1 heterocycles. The summed E-state index contributed by atoms with van der Waals surface area (Å²) in [7, 11) is -3.53. The van der Waals surface area contributed by atoms with Gasteiger partial charge in [0.15, 0.2) is 0 Å². The van der Waals surface area contributed by atoms with Crippen molar-refractivity contribution in [2.45, 2.75) is 45.1 Å². The predicted molar refractivity (Wildman–Crippen MR) is 177 cm³/mol. The highest BCUT2D eigenvalue weighted by atomic mass is 32.2. The summed E-state index contributed by atoms with van der Waals surface area (Å²) in [5.74, 6) is 0.301. The minimum absolute atomic E-state index is 0.0568. The van der Waals surface area contributed by atoms with E-state index in [0.717, 1.165) is 34.2 Å². The van der Waals surface area contributed by atoms with Gasteiger partial charge in [0.05, 0.1) is 6.26 Å². The Balaban J connectivity index is 1.42. The molecule has 1 atom stereocenters. The van der Waals surface area contributed by atoms with E-state index >= 15 is 0 Å². The fraction of sp³-hybridized carbons (Fsp3) is 0.278.